The Morgan fingerprint density at radius 2 is 1.22 bits per heavy atom. The summed E-state index contributed by atoms with van der Waals surface area (Å²) >= 11 is 2.81. The number of aliphatic carboxylic acids is 1. The summed E-state index contributed by atoms with van der Waals surface area (Å²) in [6.07, 6.45) is 3.66. The number of carbonyl (C=O) groups is 3. The van der Waals surface area contributed by atoms with Gasteiger partial charge in [-0.3, -0.25) is 19.7 Å². The van der Waals surface area contributed by atoms with Gasteiger partial charge >= 0.3 is 18.2 Å². The lowest BCUT2D eigenvalue weighted by atomic mass is 10.0. The molecule has 238 valence electrons. The smallest absolute Gasteiger partial charge is 0.407 e. The van der Waals surface area contributed by atoms with Crippen LogP contribution in [0.25, 0.3) is 0 Å². The average molecular weight is 652 g/mol. The molecule has 0 saturated carbocycles. The summed E-state index contributed by atoms with van der Waals surface area (Å²) in [5, 5.41) is 15.3. The van der Waals surface area contributed by atoms with Crippen LogP contribution in [0.15, 0.2) is 84.1 Å². The second-order valence-electron chi connectivity index (χ2n) is 10.4. The van der Waals surface area contributed by atoms with E-state index in [-0.39, 0.29) is 31.7 Å². The van der Waals surface area contributed by atoms with Crippen LogP contribution < -0.4 is 10.6 Å². The molecule has 0 saturated heterocycles. The second-order valence-corrected chi connectivity index (χ2v) is 12.3. The fourth-order valence-electron chi connectivity index (χ4n) is 4.77. The Kier molecular flexibility index (Phi) is 13.8. The number of thiazole rings is 2. The molecule has 4 rings (SSSR count). The molecule has 0 radical (unpaired) electrons. The van der Waals surface area contributed by atoms with Gasteiger partial charge in [0, 0.05) is 44.0 Å². The van der Waals surface area contributed by atoms with Crippen molar-refractivity contribution in [3.05, 3.63) is 105 Å². The molecular weight excluding hydrogens is 615 g/mol. The number of nitrogens with one attached hydrogen (secondary N) is 2. The number of hydrogen-bond donors (Lipinski definition) is 3. The summed E-state index contributed by atoms with van der Waals surface area (Å²) in [4.78, 5) is 48.9. The zero-order valence-corrected chi connectivity index (χ0v) is 26.4. The number of benzene rings is 2. The molecular formula is C32H37N5O6S2. The Morgan fingerprint density at radius 1 is 0.756 bits per heavy atom. The quantitative estimate of drug-likeness (QED) is 0.133. The number of nitrogens with zero attached hydrogens (tertiary/aromatic N) is 3. The number of carboxylic acids is 1. The molecule has 2 heterocycles. The van der Waals surface area contributed by atoms with E-state index in [1.807, 2.05) is 60.7 Å². The molecule has 3 N–H and O–H groups in total. The van der Waals surface area contributed by atoms with E-state index < -0.39 is 18.2 Å². The topological polar surface area (TPSA) is 143 Å². The maximum atomic E-state index is 12.9. The predicted molar refractivity (Wildman–Crippen MR) is 172 cm³/mol. The van der Waals surface area contributed by atoms with Crippen molar-refractivity contribution in [1.82, 2.24) is 25.5 Å². The predicted octanol–water partition coefficient (Wildman–Crippen LogP) is 5.14. The largest absolute Gasteiger partial charge is 0.481 e. The summed E-state index contributed by atoms with van der Waals surface area (Å²) in [6, 6.07) is 18.9. The van der Waals surface area contributed by atoms with E-state index in [0.29, 0.717) is 38.9 Å². The van der Waals surface area contributed by atoms with Crippen molar-refractivity contribution in [1.29, 1.82) is 0 Å². The SMILES string of the molecule is O=C(O)CCCN(C[C@@H](Cc1ccccc1)NC(=O)OCc1cncs1)C[C@@H](Cc1ccccc1)NC(=O)OCc1cncs1. The summed E-state index contributed by atoms with van der Waals surface area (Å²) in [6.45, 7) is 1.46. The standard InChI is InChI=1S/C32H37N5O6S2/c38-30(39)12-7-13-37(18-26(14-24-8-3-1-4-9-24)35-31(40)42-20-28-16-33-22-44-28)19-27(15-25-10-5-2-6-11-25)36-32(41)43-21-29-17-34-23-45-29/h1-6,8-11,16-17,22-23,26-27H,7,12-15,18-21H2,(H,35,40)(H,36,41)(H,38,39)/t26-,27-/m1/s1. The van der Waals surface area contributed by atoms with Gasteiger partial charge in [0.05, 0.1) is 20.8 Å². The Labute approximate surface area is 270 Å². The van der Waals surface area contributed by atoms with Gasteiger partial charge in [-0.25, -0.2) is 9.59 Å². The number of ether oxygens (including phenoxy) is 2. The summed E-state index contributed by atoms with van der Waals surface area (Å²) in [5.41, 5.74) is 5.42. The second kappa shape index (κ2) is 18.5. The van der Waals surface area contributed by atoms with Gasteiger partial charge in [-0.2, -0.15) is 0 Å². The normalized spacial score (nSPS) is 12.3. The molecule has 4 aromatic rings. The monoisotopic (exact) mass is 651 g/mol. The summed E-state index contributed by atoms with van der Waals surface area (Å²) < 4.78 is 10.9. The van der Waals surface area contributed by atoms with Crippen LogP contribution in [0.5, 0.6) is 0 Å². The minimum Gasteiger partial charge on any atom is -0.481 e. The molecule has 2 atom stereocenters. The first-order valence-corrected chi connectivity index (χ1v) is 16.3. The maximum absolute atomic E-state index is 12.9. The molecule has 0 fully saturated rings. The molecule has 45 heavy (non-hydrogen) atoms. The van der Waals surface area contributed by atoms with Gasteiger partial charge in [0.25, 0.3) is 0 Å². The van der Waals surface area contributed by atoms with E-state index in [2.05, 4.69) is 25.5 Å². The molecule has 2 aromatic carbocycles. The molecule has 0 aliphatic rings. The van der Waals surface area contributed by atoms with Crippen molar-refractivity contribution >= 4 is 40.8 Å². The van der Waals surface area contributed by atoms with Crippen LogP contribution in [0.3, 0.4) is 0 Å². The molecule has 0 aliphatic carbocycles. The van der Waals surface area contributed by atoms with Crippen LogP contribution in [-0.4, -0.2) is 69.8 Å². The van der Waals surface area contributed by atoms with Crippen LogP contribution in [0.2, 0.25) is 0 Å². The number of rotatable bonds is 18. The highest BCUT2D eigenvalue weighted by Gasteiger charge is 2.23. The van der Waals surface area contributed by atoms with Crippen molar-refractivity contribution < 1.29 is 29.0 Å². The molecule has 0 aliphatic heterocycles. The maximum Gasteiger partial charge on any atom is 0.407 e. The molecule has 0 bridgehead atoms. The highest BCUT2D eigenvalue weighted by Crippen LogP contribution is 2.12. The van der Waals surface area contributed by atoms with E-state index >= 15 is 0 Å². The number of carboxylic acid groups (broad SMARTS) is 1. The number of carbonyl (C=O) groups excluding carboxylic acids is 2. The molecule has 0 unspecified atom stereocenters. The highest BCUT2D eigenvalue weighted by molar-refractivity contribution is 7.09. The van der Waals surface area contributed by atoms with E-state index in [1.165, 1.54) is 22.7 Å². The fraction of sp³-hybridized carbons (Fsp3) is 0.344. The first-order chi connectivity index (χ1) is 21.9. The zero-order chi connectivity index (χ0) is 31.7. The minimum absolute atomic E-state index is 0.00214. The lowest BCUT2D eigenvalue weighted by molar-refractivity contribution is -0.137. The molecule has 11 nitrogen and oxygen atoms in total. The number of aromatic nitrogens is 2. The van der Waals surface area contributed by atoms with Crippen molar-refractivity contribution in [2.24, 2.45) is 0 Å². The first kappa shape index (κ1) is 33.6. The van der Waals surface area contributed by atoms with Gasteiger partial charge in [0.2, 0.25) is 0 Å². The first-order valence-electron chi connectivity index (χ1n) is 14.6. The lowest BCUT2D eigenvalue weighted by Crippen LogP contribution is -2.50. The third kappa shape index (κ3) is 13.1. The van der Waals surface area contributed by atoms with Gasteiger partial charge in [-0.15, -0.1) is 22.7 Å². The van der Waals surface area contributed by atoms with E-state index in [9.17, 15) is 19.5 Å². The van der Waals surface area contributed by atoms with Gasteiger partial charge in [0.1, 0.15) is 13.2 Å². The Hall–Kier alpha value is -4.33. The minimum atomic E-state index is -0.883. The van der Waals surface area contributed by atoms with Crippen LogP contribution in [0.1, 0.15) is 33.7 Å². The number of amides is 2. The van der Waals surface area contributed by atoms with E-state index in [0.717, 1.165) is 20.9 Å². The number of alkyl carbamates (subject to hydrolysis) is 2. The van der Waals surface area contributed by atoms with Gasteiger partial charge < -0.3 is 25.2 Å². The Balaban J connectivity index is 1.48. The highest BCUT2D eigenvalue weighted by atomic mass is 32.1. The van der Waals surface area contributed by atoms with Gasteiger partial charge in [-0.1, -0.05) is 60.7 Å². The van der Waals surface area contributed by atoms with E-state index in [1.54, 1.807) is 23.4 Å². The third-order valence-electron chi connectivity index (χ3n) is 6.77. The van der Waals surface area contributed by atoms with Crippen molar-refractivity contribution in [3.63, 3.8) is 0 Å². The fourth-order valence-corrected chi connectivity index (χ4v) is 5.78. The van der Waals surface area contributed by atoms with E-state index in [4.69, 9.17) is 9.47 Å². The van der Waals surface area contributed by atoms with Gasteiger partial charge in [-0.05, 0) is 36.9 Å². The van der Waals surface area contributed by atoms with Crippen LogP contribution >= 0.6 is 22.7 Å². The zero-order valence-electron chi connectivity index (χ0n) is 24.7. The van der Waals surface area contributed by atoms with Crippen molar-refractivity contribution in [2.75, 3.05) is 19.6 Å². The molecule has 0 spiro atoms. The average Bonchev–Trinajstić information content (AvgIpc) is 3.75. The Morgan fingerprint density at radius 3 is 1.62 bits per heavy atom. The lowest BCUT2D eigenvalue weighted by Gasteiger charge is -2.31. The third-order valence-corrected chi connectivity index (χ3v) is 8.28. The number of hydrogen-bond acceptors (Lipinski definition) is 10. The summed E-state index contributed by atoms with van der Waals surface area (Å²) in [7, 11) is 0. The molecule has 2 amide bonds. The van der Waals surface area contributed by atoms with Crippen molar-refractivity contribution in [3.8, 4) is 0 Å². The van der Waals surface area contributed by atoms with Crippen LogP contribution in [0, 0.1) is 0 Å². The molecule has 2 aromatic heterocycles. The van der Waals surface area contributed by atoms with Crippen LogP contribution in [-0.2, 0) is 40.3 Å². The molecule has 13 heteroatoms. The summed E-state index contributed by atoms with van der Waals surface area (Å²) in [5.74, 6) is -0.883. The van der Waals surface area contributed by atoms with Crippen LogP contribution in [0.4, 0.5) is 9.59 Å². The van der Waals surface area contributed by atoms with Crippen molar-refractivity contribution in [2.45, 2.75) is 51.0 Å². The Bertz CT molecular complexity index is 1330. The van der Waals surface area contributed by atoms with Gasteiger partial charge in [0.15, 0.2) is 0 Å².